The predicted molar refractivity (Wildman–Crippen MR) is 82.6 cm³/mol. The van der Waals surface area contributed by atoms with Crippen molar-refractivity contribution in [3.05, 3.63) is 58.1 Å². The van der Waals surface area contributed by atoms with Gasteiger partial charge in [0.05, 0.1) is 4.92 Å². The molecule has 22 heavy (non-hydrogen) atoms. The van der Waals surface area contributed by atoms with E-state index in [2.05, 4.69) is 0 Å². The Morgan fingerprint density at radius 3 is 2.45 bits per heavy atom. The van der Waals surface area contributed by atoms with Gasteiger partial charge in [-0.2, -0.15) is 0 Å². The van der Waals surface area contributed by atoms with E-state index in [4.69, 9.17) is 9.47 Å². The first-order chi connectivity index (χ1) is 10.6. The summed E-state index contributed by atoms with van der Waals surface area (Å²) in [4.78, 5) is 12.3. The molecule has 2 aromatic carbocycles. The Kier molecular flexibility index (Phi) is 3.82. The Bertz CT molecular complexity index is 685. The van der Waals surface area contributed by atoms with E-state index in [-0.39, 0.29) is 5.69 Å². The average Bonchev–Trinajstić information content (AvgIpc) is 2.55. The molecule has 0 amide bonds. The molecular weight excluding hydrogens is 284 g/mol. The van der Waals surface area contributed by atoms with E-state index in [0.717, 1.165) is 22.7 Å². The number of anilines is 1. The van der Waals surface area contributed by atoms with Crippen LogP contribution in [0.2, 0.25) is 0 Å². The Hall–Kier alpha value is -2.76. The van der Waals surface area contributed by atoms with E-state index in [9.17, 15) is 10.1 Å². The number of benzene rings is 2. The molecule has 6 heteroatoms. The van der Waals surface area contributed by atoms with Crippen LogP contribution in [0.15, 0.2) is 42.5 Å². The minimum absolute atomic E-state index is 0.0940. The van der Waals surface area contributed by atoms with Gasteiger partial charge in [-0.25, -0.2) is 0 Å². The van der Waals surface area contributed by atoms with Gasteiger partial charge in [0.2, 0.25) is 0 Å². The molecule has 0 saturated carbocycles. The van der Waals surface area contributed by atoms with E-state index < -0.39 is 4.92 Å². The number of ether oxygens (including phenoxy) is 2. The molecule has 0 N–H and O–H groups in total. The molecule has 114 valence electrons. The molecule has 3 rings (SSSR count). The number of nitro groups is 1. The summed E-state index contributed by atoms with van der Waals surface area (Å²) < 4.78 is 11.1. The number of fused-ring (bicyclic) bond motifs is 1. The summed E-state index contributed by atoms with van der Waals surface area (Å²) >= 11 is 0. The lowest BCUT2D eigenvalue weighted by molar-refractivity contribution is -0.384. The van der Waals surface area contributed by atoms with Crippen LogP contribution in [-0.4, -0.2) is 25.2 Å². The highest BCUT2D eigenvalue weighted by Gasteiger charge is 2.13. The van der Waals surface area contributed by atoms with E-state index in [1.807, 2.05) is 30.1 Å². The fourth-order valence-electron chi connectivity index (χ4n) is 2.38. The molecule has 1 aliphatic heterocycles. The Morgan fingerprint density at radius 1 is 1.09 bits per heavy atom. The molecule has 0 spiro atoms. The zero-order valence-corrected chi connectivity index (χ0v) is 12.2. The van der Waals surface area contributed by atoms with Crippen LogP contribution in [0.5, 0.6) is 11.5 Å². The van der Waals surface area contributed by atoms with Gasteiger partial charge in [-0.15, -0.1) is 0 Å². The Morgan fingerprint density at radius 2 is 1.77 bits per heavy atom. The van der Waals surface area contributed by atoms with Gasteiger partial charge in [-0.05, 0) is 29.8 Å². The van der Waals surface area contributed by atoms with Gasteiger partial charge in [-0.3, -0.25) is 10.1 Å². The SMILES string of the molecule is CN(Cc1ccc2c(c1)OCCO2)c1ccc([N+](=O)[O-])cc1. The van der Waals surface area contributed by atoms with E-state index >= 15 is 0 Å². The van der Waals surface area contributed by atoms with Crippen molar-refractivity contribution < 1.29 is 14.4 Å². The number of non-ortho nitro benzene ring substituents is 1. The van der Waals surface area contributed by atoms with Crippen LogP contribution in [-0.2, 0) is 6.54 Å². The Balaban J connectivity index is 1.73. The lowest BCUT2D eigenvalue weighted by atomic mass is 10.1. The number of hydrogen-bond donors (Lipinski definition) is 0. The second kappa shape index (κ2) is 5.93. The van der Waals surface area contributed by atoms with Crippen molar-refractivity contribution in [2.24, 2.45) is 0 Å². The lowest BCUT2D eigenvalue weighted by Gasteiger charge is -2.22. The van der Waals surface area contributed by atoms with Crippen molar-refractivity contribution in [3.63, 3.8) is 0 Å². The minimum atomic E-state index is -0.398. The van der Waals surface area contributed by atoms with Crippen LogP contribution in [0.1, 0.15) is 5.56 Å². The summed E-state index contributed by atoms with van der Waals surface area (Å²) in [7, 11) is 1.94. The molecule has 0 unspecified atom stereocenters. The third-order valence-electron chi connectivity index (χ3n) is 3.53. The van der Waals surface area contributed by atoms with Crippen LogP contribution in [0.3, 0.4) is 0 Å². The zero-order valence-electron chi connectivity index (χ0n) is 12.2. The van der Waals surface area contributed by atoms with Crippen molar-refractivity contribution in [1.29, 1.82) is 0 Å². The van der Waals surface area contributed by atoms with Crippen LogP contribution in [0, 0.1) is 10.1 Å². The highest BCUT2D eigenvalue weighted by molar-refractivity contribution is 5.51. The summed E-state index contributed by atoms with van der Waals surface area (Å²) in [5.74, 6) is 1.54. The first-order valence-corrected chi connectivity index (χ1v) is 6.97. The van der Waals surface area contributed by atoms with Crippen molar-refractivity contribution in [3.8, 4) is 11.5 Å². The summed E-state index contributed by atoms with van der Waals surface area (Å²) in [6.45, 7) is 1.82. The molecule has 0 bridgehead atoms. The fourth-order valence-corrected chi connectivity index (χ4v) is 2.38. The molecule has 0 saturated heterocycles. The molecule has 0 aliphatic carbocycles. The third kappa shape index (κ3) is 2.95. The maximum Gasteiger partial charge on any atom is 0.269 e. The normalized spacial score (nSPS) is 12.8. The summed E-state index contributed by atoms with van der Waals surface area (Å²) in [5.41, 5.74) is 2.10. The standard InChI is InChI=1S/C16H16N2O4/c1-17(13-3-5-14(6-4-13)18(19)20)11-12-2-7-15-16(10-12)22-9-8-21-15/h2-7,10H,8-9,11H2,1H3. The van der Waals surface area contributed by atoms with Crippen LogP contribution in [0.25, 0.3) is 0 Å². The predicted octanol–water partition coefficient (Wildman–Crippen LogP) is 3.00. The smallest absolute Gasteiger partial charge is 0.269 e. The molecule has 0 aromatic heterocycles. The topological polar surface area (TPSA) is 64.8 Å². The molecule has 0 radical (unpaired) electrons. The van der Waals surface area contributed by atoms with E-state index in [0.29, 0.717) is 19.8 Å². The molecule has 1 heterocycles. The first kappa shape index (κ1) is 14.2. The Labute approximate surface area is 128 Å². The second-order valence-corrected chi connectivity index (χ2v) is 5.11. The van der Waals surface area contributed by atoms with Crippen LogP contribution in [0.4, 0.5) is 11.4 Å². The number of nitro benzene ring substituents is 1. The lowest BCUT2D eigenvalue weighted by Crippen LogP contribution is -2.18. The van der Waals surface area contributed by atoms with Crippen molar-refractivity contribution >= 4 is 11.4 Å². The number of rotatable bonds is 4. The molecule has 0 atom stereocenters. The zero-order chi connectivity index (χ0) is 15.5. The summed E-state index contributed by atoms with van der Waals surface area (Å²) in [6, 6.07) is 12.4. The highest BCUT2D eigenvalue weighted by atomic mass is 16.6. The van der Waals surface area contributed by atoms with Gasteiger partial charge in [0.1, 0.15) is 13.2 Å². The van der Waals surface area contributed by atoms with E-state index in [1.165, 1.54) is 12.1 Å². The number of hydrogen-bond acceptors (Lipinski definition) is 5. The van der Waals surface area contributed by atoms with Gasteiger partial charge >= 0.3 is 0 Å². The molecular formula is C16H16N2O4. The van der Waals surface area contributed by atoms with Crippen molar-refractivity contribution in [2.45, 2.75) is 6.54 Å². The van der Waals surface area contributed by atoms with Gasteiger partial charge in [0.25, 0.3) is 5.69 Å². The largest absolute Gasteiger partial charge is 0.486 e. The van der Waals surface area contributed by atoms with Crippen LogP contribution < -0.4 is 14.4 Å². The molecule has 2 aromatic rings. The third-order valence-corrected chi connectivity index (χ3v) is 3.53. The average molecular weight is 300 g/mol. The maximum absolute atomic E-state index is 10.7. The maximum atomic E-state index is 10.7. The molecule has 6 nitrogen and oxygen atoms in total. The summed E-state index contributed by atoms with van der Waals surface area (Å²) in [6.07, 6.45) is 0. The molecule has 0 fully saturated rings. The number of nitrogens with zero attached hydrogens (tertiary/aromatic N) is 2. The van der Waals surface area contributed by atoms with Crippen molar-refractivity contribution in [1.82, 2.24) is 0 Å². The van der Waals surface area contributed by atoms with Gasteiger partial charge in [-0.1, -0.05) is 6.07 Å². The van der Waals surface area contributed by atoms with Gasteiger partial charge < -0.3 is 14.4 Å². The van der Waals surface area contributed by atoms with Gasteiger partial charge in [0.15, 0.2) is 11.5 Å². The fraction of sp³-hybridized carbons (Fsp3) is 0.250. The quantitative estimate of drug-likeness (QED) is 0.641. The van der Waals surface area contributed by atoms with Gasteiger partial charge in [0, 0.05) is 31.4 Å². The minimum Gasteiger partial charge on any atom is -0.486 e. The second-order valence-electron chi connectivity index (χ2n) is 5.11. The first-order valence-electron chi connectivity index (χ1n) is 6.97. The van der Waals surface area contributed by atoms with Crippen molar-refractivity contribution in [2.75, 3.05) is 25.2 Å². The summed E-state index contributed by atoms with van der Waals surface area (Å²) in [5, 5.41) is 10.7. The van der Waals surface area contributed by atoms with Crippen LogP contribution >= 0.6 is 0 Å². The molecule has 1 aliphatic rings. The highest BCUT2D eigenvalue weighted by Crippen LogP contribution is 2.31. The van der Waals surface area contributed by atoms with E-state index in [1.54, 1.807) is 12.1 Å². The monoisotopic (exact) mass is 300 g/mol.